The van der Waals surface area contributed by atoms with Crippen LogP contribution in [-0.4, -0.2) is 22.9 Å². The van der Waals surface area contributed by atoms with Gasteiger partial charge in [-0.15, -0.1) is 11.3 Å². The van der Waals surface area contributed by atoms with Crippen molar-refractivity contribution in [2.75, 3.05) is 5.32 Å². The van der Waals surface area contributed by atoms with Crippen molar-refractivity contribution in [2.45, 2.75) is 45.6 Å². The van der Waals surface area contributed by atoms with Crippen LogP contribution < -0.4 is 10.6 Å². The number of carboxylic acids is 1. The van der Waals surface area contributed by atoms with E-state index in [0.29, 0.717) is 30.0 Å². The standard InChI is InChI=1S/C24H26N2O4S/c1-14-9-11-15(12-10-14)13-25-22(28)20-18-7-4-8-19(18)31-23(20)26-21(27)16-5-2-3-6-17(16)24(29)30/h2-3,9-12,16-17H,4-8,13H2,1H3,(H,25,28)(H,26,27)(H,29,30)/t16-,17-/m1/s1. The molecule has 0 aliphatic heterocycles. The predicted octanol–water partition coefficient (Wildman–Crippen LogP) is 4.08. The van der Waals surface area contributed by atoms with E-state index < -0.39 is 17.8 Å². The number of rotatable bonds is 6. The number of anilines is 1. The first kappa shape index (κ1) is 21.3. The Morgan fingerprint density at radius 3 is 2.48 bits per heavy atom. The molecule has 162 valence electrons. The fraction of sp³-hybridized carbons (Fsp3) is 0.375. The van der Waals surface area contributed by atoms with Gasteiger partial charge in [0.25, 0.3) is 5.91 Å². The van der Waals surface area contributed by atoms with Crippen molar-refractivity contribution in [2.24, 2.45) is 11.8 Å². The van der Waals surface area contributed by atoms with Crippen molar-refractivity contribution in [3.05, 3.63) is 63.5 Å². The number of carboxylic acid groups (broad SMARTS) is 1. The molecular weight excluding hydrogens is 412 g/mol. The molecule has 3 N–H and O–H groups in total. The third-order valence-corrected chi connectivity index (χ3v) is 7.25. The minimum absolute atomic E-state index is 0.200. The SMILES string of the molecule is Cc1ccc(CNC(=O)c2c(NC(=O)[C@@H]3CC=CC[C@H]3C(=O)O)sc3c2CCC3)cc1. The van der Waals surface area contributed by atoms with Crippen LogP contribution in [0.5, 0.6) is 0 Å². The van der Waals surface area contributed by atoms with Crippen molar-refractivity contribution in [1.29, 1.82) is 0 Å². The minimum Gasteiger partial charge on any atom is -0.481 e. The molecule has 2 aliphatic rings. The number of benzene rings is 1. The minimum atomic E-state index is -0.964. The third kappa shape index (κ3) is 4.56. The zero-order valence-electron chi connectivity index (χ0n) is 17.4. The van der Waals surface area contributed by atoms with Gasteiger partial charge in [0.2, 0.25) is 5.91 Å². The Kier molecular flexibility index (Phi) is 6.23. The van der Waals surface area contributed by atoms with Crippen molar-refractivity contribution in [3.8, 4) is 0 Å². The lowest BCUT2D eigenvalue weighted by Crippen LogP contribution is -2.35. The number of thiophene rings is 1. The van der Waals surface area contributed by atoms with Gasteiger partial charge in [0.1, 0.15) is 5.00 Å². The molecule has 0 saturated heterocycles. The highest BCUT2D eigenvalue weighted by Crippen LogP contribution is 2.40. The highest BCUT2D eigenvalue weighted by Gasteiger charge is 2.35. The summed E-state index contributed by atoms with van der Waals surface area (Å²) in [7, 11) is 0. The number of fused-ring (bicyclic) bond motifs is 1. The van der Waals surface area contributed by atoms with E-state index in [0.717, 1.165) is 40.8 Å². The molecule has 0 fully saturated rings. The molecule has 6 nitrogen and oxygen atoms in total. The molecule has 31 heavy (non-hydrogen) atoms. The average molecular weight is 439 g/mol. The summed E-state index contributed by atoms with van der Waals surface area (Å²) >= 11 is 1.44. The van der Waals surface area contributed by atoms with E-state index >= 15 is 0 Å². The maximum absolute atomic E-state index is 13.1. The van der Waals surface area contributed by atoms with Crippen LogP contribution in [0, 0.1) is 18.8 Å². The first-order chi connectivity index (χ1) is 14.9. The van der Waals surface area contributed by atoms with E-state index in [4.69, 9.17) is 0 Å². The van der Waals surface area contributed by atoms with Gasteiger partial charge in [-0.3, -0.25) is 14.4 Å². The second kappa shape index (κ2) is 9.06. The van der Waals surface area contributed by atoms with Crippen LogP contribution in [-0.2, 0) is 29.0 Å². The molecule has 2 atom stereocenters. The van der Waals surface area contributed by atoms with Gasteiger partial charge < -0.3 is 15.7 Å². The summed E-state index contributed by atoms with van der Waals surface area (Å²) in [5.41, 5.74) is 3.72. The molecule has 7 heteroatoms. The number of nitrogens with one attached hydrogen (secondary N) is 2. The molecule has 0 spiro atoms. The smallest absolute Gasteiger partial charge is 0.307 e. The van der Waals surface area contributed by atoms with E-state index in [9.17, 15) is 19.5 Å². The summed E-state index contributed by atoms with van der Waals surface area (Å²) in [6.45, 7) is 2.43. The van der Waals surface area contributed by atoms with Crippen LogP contribution in [0.4, 0.5) is 5.00 Å². The Morgan fingerprint density at radius 1 is 1.06 bits per heavy atom. The summed E-state index contributed by atoms with van der Waals surface area (Å²) < 4.78 is 0. The third-order valence-electron chi connectivity index (χ3n) is 6.05. The van der Waals surface area contributed by atoms with Gasteiger partial charge in [0, 0.05) is 11.4 Å². The quantitative estimate of drug-likeness (QED) is 0.592. The van der Waals surface area contributed by atoms with Gasteiger partial charge in [-0.2, -0.15) is 0 Å². The molecule has 4 rings (SSSR count). The number of allylic oxidation sites excluding steroid dienone is 2. The average Bonchev–Trinajstić information content (AvgIpc) is 3.34. The van der Waals surface area contributed by atoms with Gasteiger partial charge >= 0.3 is 5.97 Å². The van der Waals surface area contributed by atoms with Gasteiger partial charge in [-0.05, 0) is 50.2 Å². The molecule has 0 saturated carbocycles. The summed E-state index contributed by atoms with van der Waals surface area (Å²) in [5.74, 6) is -2.87. The fourth-order valence-corrected chi connectivity index (χ4v) is 5.58. The van der Waals surface area contributed by atoms with Crippen LogP contribution in [0.2, 0.25) is 0 Å². The summed E-state index contributed by atoms with van der Waals surface area (Å²) in [6, 6.07) is 7.98. The topological polar surface area (TPSA) is 95.5 Å². The molecule has 1 aromatic carbocycles. The van der Waals surface area contributed by atoms with Crippen LogP contribution in [0.1, 0.15) is 51.2 Å². The predicted molar refractivity (Wildman–Crippen MR) is 120 cm³/mol. The zero-order chi connectivity index (χ0) is 22.0. The number of hydrogen-bond donors (Lipinski definition) is 3. The highest BCUT2D eigenvalue weighted by atomic mass is 32.1. The molecule has 2 aromatic rings. The van der Waals surface area contributed by atoms with E-state index in [-0.39, 0.29) is 11.8 Å². The van der Waals surface area contributed by atoms with Crippen LogP contribution in [0.25, 0.3) is 0 Å². The number of aliphatic carboxylic acids is 1. The molecule has 0 unspecified atom stereocenters. The number of hydrogen-bond acceptors (Lipinski definition) is 4. The van der Waals surface area contributed by atoms with Crippen molar-refractivity contribution < 1.29 is 19.5 Å². The summed E-state index contributed by atoms with van der Waals surface area (Å²) in [6.07, 6.45) is 7.12. The van der Waals surface area contributed by atoms with E-state index in [2.05, 4.69) is 10.6 Å². The molecule has 1 aromatic heterocycles. The van der Waals surface area contributed by atoms with Crippen molar-refractivity contribution in [1.82, 2.24) is 5.32 Å². The van der Waals surface area contributed by atoms with Crippen LogP contribution in [0.3, 0.4) is 0 Å². The van der Waals surface area contributed by atoms with E-state index in [1.807, 2.05) is 43.3 Å². The van der Waals surface area contributed by atoms with E-state index in [1.165, 1.54) is 11.3 Å². The number of aryl methyl sites for hydroxylation is 2. The van der Waals surface area contributed by atoms with Crippen molar-refractivity contribution >= 4 is 34.1 Å². The monoisotopic (exact) mass is 438 g/mol. The lowest BCUT2D eigenvalue weighted by atomic mass is 9.82. The number of carbonyl (C=O) groups is 3. The normalized spacial score (nSPS) is 19.6. The van der Waals surface area contributed by atoms with Crippen LogP contribution >= 0.6 is 11.3 Å². The molecule has 2 amide bonds. The highest BCUT2D eigenvalue weighted by molar-refractivity contribution is 7.17. The summed E-state index contributed by atoms with van der Waals surface area (Å²) in [5, 5.41) is 15.9. The molecule has 2 aliphatic carbocycles. The van der Waals surface area contributed by atoms with Crippen LogP contribution in [0.15, 0.2) is 36.4 Å². The van der Waals surface area contributed by atoms with Gasteiger partial charge in [-0.1, -0.05) is 42.0 Å². The summed E-state index contributed by atoms with van der Waals surface area (Å²) in [4.78, 5) is 38.8. The van der Waals surface area contributed by atoms with Gasteiger partial charge in [0.15, 0.2) is 0 Å². The maximum Gasteiger partial charge on any atom is 0.307 e. The second-order valence-corrected chi connectivity index (χ2v) is 9.32. The zero-order valence-corrected chi connectivity index (χ0v) is 18.3. The van der Waals surface area contributed by atoms with Gasteiger partial charge in [0.05, 0.1) is 17.4 Å². The molecule has 1 heterocycles. The Bertz CT molecular complexity index is 1040. The Labute approximate surface area is 185 Å². The lowest BCUT2D eigenvalue weighted by Gasteiger charge is -2.24. The van der Waals surface area contributed by atoms with E-state index in [1.54, 1.807) is 0 Å². The van der Waals surface area contributed by atoms with Gasteiger partial charge in [-0.25, -0.2) is 0 Å². The maximum atomic E-state index is 13.1. The first-order valence-corrected chi connectivity index (χ1v) is 11.4. The fourth-order valence-electron chi connectivity index (χ4n) is 4.29. The molecule has 0 bridgehead atoms. The Morgan fingerprint density at radius 2 is 1.77 bits per heavy atom. The second-order valence-electron chi connectivity index (χ2n) is 8.21. The number of carbonyl (C=O) groups excluding carboxylic acids is 2. The largest absolute Gasteiger partial charge is 0.481 e. The Balaban J connectivity index is 1.53. The lowest BCUT2D eigenvalue weighted by molar-refractivity contribution is -0.146. The number of amides is 2. The molecular formula is C24H26N2O4S. The Hall–Kier alpha value is -2.93. The first-order valence-electron chi connectivity index (χ1n) is 10.6. The molecule has 0 radical (unpaired) electrons. The van der Waals surface area contributed by atoms with Crippen molar-refractivity contribution in [3.63, 3.8) is 0 Å².